The van der Waals surface area contributed by atoms with Gasteiger partial charge < -0.3 is 9.47 Å². The van der Waals surface area contributed by atoms with Gasteiger partial charge >= 0.3 is 0 Å². The molecule has 0 amide bonds. The van der Waals surface area contributed by atoms with Crippen LogP contribution in [0.2, 0.25) is 0 Å². The molecule has 2 saturated heterocycles. The van der Waals surface area contributed by atoms with E-state index in [0.717, 1.165) is 12.8 Å². The summed E-state index contributed by atoms with van der Waals surface area (Å²) in [7, 11) is 0. The van der Waals surface area contributed by atoms with Gasteiger partial charge in [0, 0.05) is 5.92 Å². The lowest BCUT2D eigenvalue weighted by molar-refractivity contribution is -0.158. The van der Waals surface area contributed by atoms with Crippen molar-refractivity contribution in [3.05, 3.63) is 35.4 Å². The molecule has 3 heteroatoms. The second-order valence-corrected chi connectivity index (χ2v) is 4.89. The van der Waals surface area contributed by atoms with E-state index in [1.807, 2.05) is 12.1 Å². The van der Waals surface area contributed by atoms with Crippen LogP contribution in [0.1, 0.15) is 17.5 Å². The number of benzene rings is 1. The molecule has 2 bridgehead atoms. The zero-order valence-electron chi connectivity index (χ0n) is 9.89. The zero-order valence-corrected chi connectivity index (χ0v) is 9.89. The Bertz CT molecular complexity index is 441. The minimum Gasteiger partial charge on any atom is -0.343 e. The lowest BCUT2D eigenvalue weighted by Gasteiger charge is -2.25. The molecule has 0 aliphatic carbocycles. The third-order valence-electron chi connectivity index (χ3n) is 3.66. The van der Waals surface area contributed by atoms with Crippen molar-refractivity contribution < 1.29 is 14.3 Å². The first kappa shape index (κ1) is 10.9. The second-order valence-electron chi connectivity index (χ2n) is 4.89. The van der Waals surface area contributed by atoms with Gasteiger partial charge in [0.05, 0.1) is 12.7 Å². The minimum atomic E-state index is -0.595. The van der Waals surface area contributed by atoms with Gasteiger partial charge in [-0.25, -0.2) is 0 Å². The molecule has 3 rings (SSSR count). The first-order valence-electron chi connectivity index (χ1n) is 6.09. The molecule has 0 saturated carbocycles. The Morgan fingerprint density at radius 2 is 2.18 bits per heavy atom. The van der Waals surface area contributed by atoms with Crippen LogP contribution >= 0.6 is 0 Å². The average Bonchev–Trinajstić information content (AvgIpc) is 2.73. The molecule has 0 aromatic heterocycles. The number of rotatable bonds is 2. The van der Waals surface area contributed by atoms with E-state index in [4.69, 9.17) is 9.47 Å². The van der Waals surface area contributed by atoms with Crippen LogP contribution in [0, 0.1) is 12.8 Å². The fourth-order valence-electron chi connectivity index (χ4n) is 2.64. The molecule has 1 aromatic carbocycles. The number of ketones is 1. The predicted octanol–water partition coefficient (Wildman–Crippen LogP) is 1.87. The van der Waals surface area contributed by atoms with Gasteiger partial charge in [0.2, 0.25) is 6.29 Å². The molecule has 2 heterocycles. The van der Waals surface area contributed by atoms with Crippen LogP contribution in [0.25, 0.3) is 0 Å². The van der Waals surface area contributed by atoms with Gasteiger partial charge in [0.1, 0.15) is 0 Å². The summed E-state index contributed by atoms with van der Waals surface area (Å²) >= 11 is 0. The highest BCUT2D eigenvalue weighted by atomic mass is 16.7. The van der Waals surface area contributed by atoms with Crippen molar-refractivity contribution >= 4 is 5.78 Å². The van der Waals surface area contributed by atoms with E-state index < -0.39 is 6.29 Å². The normalized spacial score (nSPS) is 31.8. The zero-order chi connectivity index (χ0) is 11.8. The summed E-state index contributed by atoms with van der Waals surface area (Å²) in [5, 5.41) is 0. The van der Waals surface area contributed by atoms with Crippen LogP contribution in [-0.2, 0) is 20.7 Å². The summed E-state index contributed by atoms with van der Waals surface area (Å²) in [4.78, 5) is 12.0. The molecule has 1 aromatic rings. The number of hydrogen-bond donors (Lipinski definition) is 0. The van der Waals surface area contributed by atoms with Crippen molar-refractivity contribution in [2.75, 3.05) is 6.61 Å². The predicted molar refractivity (Wildman–Crippen MR) is 62.6 cm³/mol. The molecule has 90 valence electrons. The van der Waals surface area contributed by atoms with Crippen molar-refractivity contribution in [1.29, 1.82) is 0 Å². The largest absolute Gasteiger partial charge is 0.343 e. The quantitative estimate of drug-likeness (QED) is 0.781. The summed E-state index contributed by atoms with van der Waals surface area (Å²) in [6, 6.07) is 8.24. The molecule has 0 spiro atoms. The van der Waals surface area contributed by atoms with Crippen LogP contribution in [0.15, 0.2) is 24.3 Å². The van der Waals surface area contributed by atoms with Gasteiger partial charge in [-0.1, -0.05) is 24.3 Å². The van der Waals surface area contributed by atoms with E-state index in [1.165, 1.54) is 11.1 Å². The van der Waals surface area contributed by atoms with Crippen molar-refractivity contribution in [3.8, 4) is 0 Å². The van der Waals surface area contributed by atoms with E-state index in [1.54, 1.807) is 0 Å². The van der Waals surface area contributed by atoms with Gasteiger partial charge in [0.25, 0.3) is 0 Å². The minimum absolute atomic E-state index is 0.0577. The van der Waals surface area contributed by atoms with E-state index in [0.29, 0.717) is 6.61 Å². The number of fused-ring (bicyclic) bond motifs is 2. The molecule has 2 aliphatic rings. The Morgan fingerprint density at radius 1 is 1.35 bits per heavy atom. The van der Waals surface area contributed by atoms with Crippen molar-refractivity contribution in [2.45, 2.75) is 32.2 Å². The van der Waals surface area contributed by atoms with Gasteiger partial charge in [0.15, 0.2) is 5.78 Å². The molecule has 3 nitrogen and oxygen atoms in total. The average molecular weight is 232 g/mol. The molecule has 3 atom stereocenters. The maximum Gasteiger partial charge on any atom is 0.218 e. The highest BCUT2D eigenvalue weighted by molar-refractivity contribution is 5.85. The molecule has 0 N–H and O–H groups in total. The maximum atomic E-state index is 12.0. The molecular weight excluding hydrogens is 216 g/mol. The van der Waals surface area contributed by atoms with E-state index >= 15 is 0 Å². The summed E-state index contributed by atoms with van der Waals surface area (Å²) in [5.41, 5.74) is 2.51. The number of carbonyl (C=O) groups excluding carboxylic acids is 1. The molecule has 2 fully saturated rings. The number of ether oxygens (including phenoxy) is 2. The van der Waals surface area contributed by atoms with E-state index in [2.05, 4.69) is 19.1 Å². The van der Waals surface area contributed by atoms with Crippen molar-refractivity contribution in [1.82, 2.24) is 0 Å². The third kappa shape index (κ3) is 2.01. The van der Waals surface area contributed by atoms with Crippen LogP contribution in [-0.4, -0.2) is 24.8 Å². The molecule has 17 heavy (non-hydrogen) atoms. The number of hydrogen-bond acceptors (Lipinski definition) is 3. The Morgan fingerprint density at radius 3 is 3.00 bits per heavy atom. The Kier molecular flexibility index (Phi) is 2.73. The monoisotopic (exact) mass is 232 g/mol. The Labute approximate surface area is 101 Å². The summed E-state index contributed by atoms with van der Waals surface area (Å²) in [6.45, 7) is 2.66. The molecular formula is C14H16O3. The van der Waals surface area contributed by atoms with Gasteiger partial charge in [-0.05, 0) is 30.9 Å². The first-order valence-corrected chi connectivity index (χ1v) is 6.09. The lowest BCUT2D eigenvalue weighted by atomic mass is 9.87. The van der Waals surface area contributed by atoms with Gasteiger partial charge in [-0.3, -0.25) is 4.79 Å². The SMILES string of the molecule is Cc1ccccc1CC1C[C@H]2CO[C@H](O2)C1=O. The van der Waals surface area contributed by atoms with E-state index in [-0.39, 0.29) is 17.8 Å². The van der Waals surface area contributed by atoms with Crippen LogP contribution in [0.4, 0.5) is 0 Å². The Balaban J connectivity index is 1.77. The smallest absolute Gasteiger partial charge is 0.218 e. The molecule has 2 aliphatic heterocycles. The molecule has 0 radical (unpaired) electrons. The second kappa shape index (κ2) is 4.24. The van der Waals surface area contributed by atoms with Crippen LogP contribution in [0.5, 0.6) is 0 Å². The maximum absolute atomic E-state index is 12.0. The van der Waals surface area contributed by atoms with E-state index in [9.17, 15) is 4.79 Å². The number of Topliss-reactive ketones (excluding diaryl/α,β-unsaturated/α-hetero) is 1. The van der Waals surface area contributed by atoms with Crippen molar-refractivity contribution in [2.24, 2.45) is 5.92 Å². The molecule has 1 unspecified atom stereocenters. The van der Waals surface area contributed by atoms with Crippen LogP contribution < -0.4 is 0 Å². The number of aryl methyl sites for hydroxylation is 1. The summed E-state index contributed by atoms with van der Waals surface area (Å²) < 4.78 is 10.8. The van der Waals surface area contributed by atoms with Gasteiger partial charge in [-0.2, -0.15) is 0 Å². The standard InChI is InChI=1S/C14H16O3/c1-9-4-2-3-5-10(9)6-11-7-12-8-16-14(17-12)13(11)15/h2-5,11-12,14H,6-8H2,1H3/t11?,12-,14+/m0/s1. The fraction of sp³-hybridized carbons (Fsp3) is 0.500. The first-order chi connectivity index (χ1) is 8.24. The van der Waals surface area contributed by atoms with Crippen molar-refractivity contribution in [3.63, 3.8) is 0 Å². The summed E-state index contributed by atoms with van der Waals surface area (Å²) in [6.07, 6.45) is 1.13. The topological polar surface area (TPSA) is 35.5 Å². The van der Waals surface area contributed by atoms with Crippen LogP contribution in [0.3, 0.4) is 0 Å². The highest BCUT2D eigenvalue weighted by Gasteiger charge is 2.42. The van der Waals surface area contributed by atoms with Gasteiger partial charge in [-0.15, -0.1) is 0 Å². The Hall–Kier alpha value is -1.19. The third-order valence-corrected chi connectivity index (χ3v) is 3.66. The fourth-order valence-corrected chi connectivity index (χ4v) is 2.64. The number of carbonyl (C=O) groups is 1. The summed E-state index contributed by atoms with van der Waals surface area (Å²) in [5.74, 6) is 0.171. The lowest BCUT2D eigenvalue weighted by Crippen LogP contribution is -2.37. The highest BCUT2D eigenvalue weighted by Crippen LogP contribution is 2.31.